The van der Waals surface area contributed by atoms with Crippen molar-refractivity contribution in [2.45, 2.75) is 25.7 Å². The van der Waals surface area contributed by atoms with Crippen LogP contribution in [-0.4, -0.2) is 37.5 Å². The highest BCUT2D eigenvalue weighted by Crippen LogP contribution is 2.05. The Morgan fingerprint density at radius 3 is 2.93 bits per heavy atom. The fourth-order valence-corrected chi connectivity index (χ4v) is 1.15. The minimum atomic E-state index is -0.406. The summed E-state index contributed by atoms with van der Waals surface area (Å²) in [5.74, 6) is 0.776. The normalized spacial score (nSPS) is 16.6. The van der Waals surface area contributed by atoms with Crippen LogP contribution in [0.15, 0.2) is 4.99 Å². The van der Waals surface area contributed by atoms with E-state index in [-0.39, 0.29) is 0 Å². The molecule has 0 aromatic carbocycles. The van der Waals surface area contributed by atoms with Crippen molar-refractivity contribution in [1.29, 1.82) is 0 Å². The topological polar surface area (TPSA) is 53.9 Å². The molecule has 1 rings (SSSR count). The molecular formula is C9H17N3O2. The Balaban J connectivity index is 2.29. The summed E-state index contributed by atoms with van der Waals surface area (Å²) in [7, 11) is 3.28. The highest BCUT2D eigenvalue weighted by atomic mass is 16.7. The quantitative estimate of drug-likeness (QED) is 0.596. The first kappa shape index (κ1) is 10.8. The Morgan fingerprint density at radius 2 is 2.21 bits per heavy atom. The van der Waals surface area contributed by atoms with Crippen molar-refractivity contribution in [3.8, 4) is 0 Å². The van der Waals surface area contributed by atoms with Gasteiger partial charge in [-0.05, 0) is 12.8 Å². The third kappa shape index (κ3) is 3.64. The van der Waals surface area contributed by atoms with E-state index < -0.39 is 6.09 Å². The zero-order chi connectivity index (χ0) is 10.4. The Labute approximate surface area is 84.1 Å². The van der Waals surface area contributed by atoms with Crippen molar-refractivity contribution < 1.29 is 9.63 Å². The summed E-state index contributed by atoms with van der Waals surface area (Å²) in [5, 5.41) is 0. The summed E-state index contributed by atoms with van der Waals surface area (Å²) in [6.07, 6.45) is 3.87. The van der Waals surface area contributed by atoms with Gasteiger partial charge in [-0.1, -0.05) is 6.42 Å². The molecule has 0 bridgehead atoms. The van der Waals surface area contributed by atoms with E-state index in [2.05, 4.69) is 10.5 Å². The molecule has 5 heteroatoms. The molecule has 0 aromatic rings. The van der Waals surface area contributed by atoms with Crippen molar-refractivity contribution in [2.75, 3.05) is 20.6 Å². The van der Waals surface area contributed by atoms with Crippen molar-refractivity contribution >= 4 is 11.9 Å². The molecule has 0 aromatic heterocycles. The molecule has 1 heterocycles. The van der Waals surface area contributed by atoms with Crippen molar-refractivity contribution in [1.82, 2.24) is 10.4 Å². The van der Waals surface area contributed by atoms with Gasteiger partial charge in [0.1, 0.15) is 5.84 Å². The van der Waals surface area contributed by atoms with Gasteiger partial charge >= 0.3 is 6.09 Å². The minimum absolute atomic E-state index is 0.406. The second kappa shape index (κ2) is 5.47. The third-order valence-corrected chi connectivity index (χ3v) is 2.00. The first-order valence-corrected chi connectivity index (χ1v) is 4.87. The number of rotatable bonds is 0. The molecule has 0 fully saturated rings. The number of hydrogen-bond donors (Lipinski definition) is 1. The molecule has 1 amide bonds. The molecule has 0 saturated heterocycles. The molecule has 0 aliphatic carbocycles. The molecule has 0 saturated carbocycles. The van der Waals surface area contributed by atoms with Crippen LogP contribution in [0.3, 0.4) is 0 Å². The van der Waals surface area contributed by atoms with Crippen LogP contribution in [0.25, 0.3) is 0 Å². The summed E-state index contributed by atoms with van der Waals surface area (Å²) in [4.78, 5) is 21.5. The Hall–Kier alpha value is -1.26. The van der Waals surface area contributed by atoms with Gasteiger partial charge in [-0.2, -0.15) is 0 Å². The highest BCUT2D eigenvalue weighted by Gasteiger charge is 2.08. The number of amides is 1. The Bertz CT molecular complexity index is 226. The van der Waals surface area contributed by atoms with Crippen LogP contribution in [0.5, 0.6) is 0 Å². The first-order chi connectivity index (χ1) is 6.70. The van der Waals surface area contributed by atoms with Gasteiger partial charge in [0.25, 0.3) is 0 Å². The van der Waals surface area contributed by atoms with Crippen LogP contribution in [0.4, 0.5) is 4.79 Å². The molecule has 14 heavy (non-hydrogen) atoms. The molecule has 1 aliphatic rings. The van der Waals surface area contributed by atoms with Crippen LogP contribution >= 0.6 is 0 Å². The van der Waals surface area contributed by atoms with E-state index in [1.807, 2.05) is 0 Å². The average Bonchev–Trinajstić information content (AvgIpc) is 2.42. The maximum atomic E-state index is 11.1. The van der Waals surface area contributed by atoms with Gasteiger partial charge in [-0.3, -0.25) is 4.99 Å². The second-order valence-electron chi connectivity index (χ2n) is 3.50. The maximum absolute atomic E-state index is 11.1. The van der Waals surface area contributed by atoms with Crippen LogP contribution < -0.4 is 5.48 Å². The number of aliphatic imine (C=N–C) groups is 1. The lowest BCUT2D eigenvalue weighted by Crippen LogP contribution is -2.32. The van der Waals surface area contributed by atoms with Crippen LogP contribution in [0.1, 0.15) is 25.7 Å². The molecule has 1 N–H and O–H groups in total. The number of carbonyl (C=O) groups excluding carboxylic acids is 1. The van der Waals surface area contributed by atoms with E-state index in [0.717, 1.165) is 31.6 Å². The molecular weight excluding hydrogens is 182 g/mol. The van der Waals surface area contributed by atoms with Crippen molar-refractivity contribution in [3.05, 3.63) is 0 Å². The summed E-state index contributed by atoms with van der Waals surface area (Å²) in [6.45, 7) is 0.821. The summed E-state index contributed by atoms with van der Waals surface area (Å²) in [6, 6.07) is 0. The van der Waals surface area contributed by atoms with E-state index in [1.165, 1.54) is 11.3 Å². The SMILES string of the molecule is CN(C)C(=O)ONC1=NCCCCC1. The zero-order valence-corrected chi connectivity index (χ0v) is 8.75. The number of hydroxylamine groups is 1. The number of nitrogens with one attached hydrogen (secondary N) is 1. The molecule has 1 aliphatic heterocycles. The third-order valence-electron chi connectivity index (χ3n) is 2.00. The van der Waals surface area contributed by atoms with E-state index in [1.54, 1.807) is 14.1 Å². The van der Waals surface area contributed by atoms with E-state index in [0.29, 0.717) is 0 Å². The summed E-state index contributed by atoms with van der Waals surface area (Å²) in [5.41, 5.74) is 2.60. The lowest BCUT2D eigenvalue weighted by atomic mass is 10.2. The molecule has 0 radical (unpaired) electrons. The van der Waals surface area contributed by atoms with E-state index in [9.17, 15) is 4.79 Å². The smallest absolute Gasteiger partial charge is 0.323 e. The fourth-order valence-electron chi connectivity index (χ4n) is 1.15. The lowest BCUT2D eigenvalue weighted by Gasteiger charge is -2.12. The van der Waals surface area contributed by atoms with E-state index in [4.69, 9.17) is 4.84 Å². The van der Waals surface area contributed by atoms with E-state index >= 15 is 0 Å². The van der Waals surface area contributed by atoms with Gasteiger partial charge in [0, 0.05) is 27.1 Å². The number of nitrogens with zero attached hydrogens (tertiary/aromatic N) is 2. The molecule has 5 nitrogen and oxygen atoms in total. The predicted molar refractivity (Wildman–Crippen MR) is 54.1 cm³/mol. The van der Waals surface area contributed by atoms with Gasteiger partial charge in [0.15, 0.2) is 0 Å². The predicted octanol–water partition coefficient (Wildman–Crippen LogP) is 1.16. The second-order valence-corrected chi connectivity index (χ2v) is 3.50. The number of hydrogen-bond acceptors (Lipinski definition) is 4. The fraction of sp³-hybridized carbons (Fsp3) is 0.778. The molecule has 0 atom stereocenters. The summed E-state index contributed by atoms with van der Waals surface area (Å²) >= 11 is 0. The highest BCUT2D eigenvalue weighted by molar-refractivity contribution is 5.82. The van der Waals surface area contributed by atoms with Crippen LogP contribution in [0, 0.1) is 0 Å². The van der Waals surface area contributed by atoms with Gasteiger partial charge in [0.05, 0.1) is 0 Å². The first-order valence-electron chi connectivity index (χ1n) is 4.87. The summed E-state index contributed by atoms with van der Waals surface area (Å²) < 4.78 is 0. The lowest BCUT2D eigenvalue weighted by molar-refractivity contribution is 0.0929. The average molecular weight is 199 g/mol. The molecule has 80 valence electrons. The number of amidine groups is 1. The molecule has 0 unspecified atom stereocenters. The van der Waals surface area contributed by atoms with Gasteiger partial charge in [0.2, 0.25) is 0 Å². The largest absolute Gasteiger partial charge is 0.433 e. The Kier molecular flexibility index (Phi) is 4.22. The monoisotopic (exact) mass is 199 g/mol. The minimum Gasteiger partial charge on any atom is -0.323 e. The van der Waals surface area contributed by atoms with Gasteiger partial charge in [-0.25, -0.2) is 10.3 Å². The number of carbonyl (C=O) groups is 1. The Morgan fingerprint density at radius 1 is 1.43 bits per heavy atom. The standard InChI is InChI=1S/C9H17N3O2/c1-12(2)9(13)14-11-8-6-4-3-5-7-10-8/h3-7H2,1-2H3,(H,10,11). The van der Waals surface area contributed by atoms with Gasteiger partial charge < -0.3 is 9.74 Å². The molecule has 0 spiro atoms. The van der Waals surface area contributed by atoms with Crippen molar-refractivity contribution in [2.24, 2.45) is 4.99 Å². The van der Waals surface area contributed by atoms with Crippen molar-refractivity contribution in [3.63, 3.8) is 0 Å². The maximum Gasteiger partial charge on any atom is 0.433 e. The zero-order valence-electron chi connectivity index (χ0n) is 8.75. The van der Waals surface area contributed by atoms with Crippen LogP contribution in [-0.2, 0) is 4.84 Å². The van der Waals surface area contributed by atoms with Gasteiger partial charge in [-0.15, -0.1) is 0 Å². The van der Waals surface area contributed by atoms with Crippen LogP contribution in [0.2, 0.25) is 0 Å².